The zero-order chi connectivity index (χ0) is 14.5. The van der Waals surface area contributed by atoms with Crippen molar-refractivity contribution in [1.29, 1.82) is 0 Å². The Kier molecular flexibility index (Phi) is 4.28. The maximum Gasteiger partial charge on any atom is 0.244 e. The highest BCUT2D eigenvalue weighted by Crippen LogP contribution is 2.21. The molecule has 0 saturated heterocycles. The number of nitrogens with zero attached hydrogens (tertiary/aromatic N) is 3. The minimum atomic E-state index is 0.534. The van der Waals surface area contributed by atoms with Crippen LogP contribution in [-0.2, 0) is 6.54 Å². The molecule has 5 nitrogen and oxygen atoms in total. The number of rotatable bonds is 5. The summed E-state index contributed by atoms with van der Waals surface area (Å²) in [5.41, 5.74) is 2.47. The third-order valence-corrected chi connectivity index (χ3v) is 3.80. The van der Waals surface area contributed by atoms with E-state index in [-0.39, 0.29) is 0 Å². The molecule has 1 aromatic carbocycles. The van der Waals surface area contributed by atoms with E-state index in [0.29, 0.717) is 18.5 Å². The number of aromatic nitrogens is 3. The summed E-state index contributed by atoms with van der Waals surface area (Å²) in [7, 11) is 0. The summed E-state index contributed by atoms with van der Waals surface area (Å²) in [6.07, 6.45) is 6.73. The molecule has 1 aliphatic rings. The maximum absolute atomic E-state index is 4.48. The largest absolute Gasteiger partial charge is 0.366 e. The highest BCUT2D eigenvalue weighted by atomic mass is 15.3. The minimum Gasteiger partial charge on any atom is -0.366 e. The van der Waals surface area contributed by atoms with Crippen molar-refractivity contribution in [3.63, 3.8) is 0 Å². The van der Waals surface area contributed by atoms with Gasteiger partial charge in [0.2, 0.25) is 5.95 Å². The van der Waals surface area contributed by atoms with E-state index in [9.17, 15) is 0 Å². The second-order valence-corrected chi connectivity index (χ2v) is 5.63. The molecule has 1 aromatic heterocycles. The van der Waals surface area contributed by atoms with Gasteiger partial charge >= 0.3 is 0 Å². The minimum absolute atomic E-state index is 0.534. The first-order chi connectivity index (χ1) is 10.3. The Labute approximate surface area is 125 Å². The molecule has 21 heavy (non-hydrogen) atoms. The van der Waals surface area contributed by atoms with Gasteiger partial charge < -0.3 is 10.6 Å². The lowest BCUT2D eigenvalue weighted by Crippen LogP contribution is -2.16. The smallest absolute Gasteiger partial charge is 0.244 e. The van der Waals surface area contributed by atoms with Crippen LogP contribution in [0.2, 0.25) is 0 Å². The third kappa shape index (κ3) is 3.90. The zero-order valence-corrected chi connectivity index (χ0v) is 12.3. The molecule has 0 spiro atoms. The normalized spacial score (nSPS) is 15.1. The van der Waals surface area contributed by atoms with Gasteiger partial charge in [-0.15, -0.1) is 5.10 Å². The molecular weight excluding hydrogens is 262 g/mol. The first-order valence-corrected chi connectivity index (χ1v) is 7.55. The van der Waals surface area contributed by atoms with Crippen LogP contribution in [0.1, 0.15) is 36.8 Å². The van der Waals surface area contributed by atoms with Crippen molar-refractivity contribution in [3.05, 3.63) is 41.6 Å². The molecule has 2 aromatic rings. The molecule has 0 amide bonds. The standard InChI is InChI=1S/C16H21N5/c1-12-5-4-6-13(9-12)10-17-16-20-15(11-18-21-16)19-14-7-2-3-8-14/h4-6,9,11,14H,2-3,7-8,10H2,1H3,(H2,17,19,20,21). The van der Waals surface area contributed by atoms with Crippen molar-refractivity contribution in [1.82, 2.24) is 15.2 Å². The average Bonchev–Trinajstić information content (AvgIpc) is 2.99. The summed E-state index contributed by atoms with van der Waals surface area (Å²) in [5.74, 6) is 1.38. The second kappa shape index (κ2) is 6.52. The number of benzene rings is 1. The van der Waals surface area contributed by atoms with Crippen LogP contribution in [0.5, 0.6) is 0 Å². The van der Waals surface area contributed by atoms with Gasteiger partial charge in [-0.1, -0.05) is 42.7 Å². The molecule has 110 valence electrons. The van der Waals surface area contributed by atoms with Crippen molar-refractivity contribution in [3.8, 4) is 0 Å². The molecule has 1 heterocycles. The molecule has 2 N–H and O–H groups in total. The quantitative estimate of drug-likeness (QED) is 0.882. The third-order valence-electron chi connectivity index (χ3n) is 3.80. The summed E-state index contributed by atoms with van der Waals surface area (Å²) >= 11 is 0. The molecule has 1 saturated carbocycles. The molecule has 0 aliphatic heterocycles. The Morgan fingerprint density at radius 3 is 2.90 bits per heavy atom. The van der Waals surface area contributed by atoms with Crippen molar-refractivity contribution >= 4 is 11.8 Å². The number of anilines is 2. The summed E-state index contributed by atoms with van der Waals surface area (Å²) in [5, 5.41) is 14.7. The van der Waals surface area contributed by atoms with Crippen molar-refractivity contribution in [2.45, 2.75) is 45.2 Å². The Bertz CT molecular complexity index is 593. The van der Waals surface area contributed by atoms with Crippen LogP contribution >= 0.6 is 0 Å². The van der Waals surface area contributed by atoms with Crippen LogP contribution < -0.4 is 10.6 Å². The molecule has 1 aliphatic carbocycles. The SMILES string of the molecule is Cc1cccc(CNc2nncc(NC3CCCC3)n2)c1. The highest BCUT2D eigenvalue weighted by Gasteiger charge is 2.15. The fraction of sp³-hybridized carbons (Fsp3) is 0.438. The van der Waals surface area contributed by atoms with Gasteiger partial charge in [0.05, 0.1) is 6.20 Å². The summed E-state index contributed by atoms with van der Waals surface area (Å²) in [4.78, 5) is 4.48. The van der Waals surface area contributed by atoms with Crippen LogP contribution in [0.3, 0.4) is 0 Å². The average molecular weight is 283 g/mol. The molecule has 3 rings (SSSR count). The van der Waals surface area contributed by atoms with Gasteiger partial charge in [-0.3, -0.25) is 0 Å². The van der Waals surface area contributed by atoms with Crippen LogP contribution in [0, 0.1) is 6.92 Å². The van der Waals surface area contributed by atoms with Crippen molar-refractivity contribution < 1.29 is 0 Å². The number of nitrogens with one attached hydrogen (secondary N) is 2. The Morgan fingerprint density at radius 2 is 2.10 bits per heavy atom. The van der Waals surface area contributed by atoms with Crippen molar-refractivity contribution in [2.24, 2.45) is 0 Å². The molecule has 0 bridgehead atoms. The fourth-order valence-corrected chi connectivity index (χ4v) is 2.73. The lowest BCUT2D eigenvalue weighted by molar-refractivity contribution is 0.746. The molecule has 0 unspecified atom stereocenters. The van der Waals surface area contributed by atoms with Gasteiger partial charge in [0.25, 0.3) is 0 Å². The number of aryl methyl sites for hydroxylation is 1. The van der Waals surface area contributed by atoms with Gasteiger partial charge in [0, 0.05) is 12.6 Å². The predicted molar refractivity (Wildman–Crippen MR) is 84.2 cm³/mol. The summed E-state index contributed by atoms with van der Waals surface area (Å²) in [6, 6.07) is 8.93. The molecule has 1 fully saturated rings. The zero-order valence-electron chi connectivity index (χ0n) is 12.3. The summed E-state index contributed by atoms with van der Waals surface area (Å²) in [6.45, 7) is 2.80. The van der Waals surface area contributed by atoms with Gasteiger partial charge in [-0.25, -0.2) is 0 Å². The Hall–Kier alpha value is -2.17. The number of hydrogen-bond donors (Lipinski definition) is 2. The molecular formula is C16H21N5. The topological polar surface area (TPSA) is 62.7 Å². The lowest BCUT2D eigenvalue weighted by atomic mass is 10.1. The highest BCUT2D eigenvalue weighted by molar-refractivity contribution is 5.38. The Morgan fingerprint density at radius 1 is 1.24 bits per heavy atom. The van der Waals surface area contributed by atoms with Crippen LogP contribution in [0.25, 0.3) is 0 Å². The lowest BCUT2D eigenvalue weighted by Gasteiger charge is -2.12. The van der Waals surface area contributed by atoms with Gasteiger partial charge in [-0.2, -0.15) is 10.1 Å². The molecule has 5 heteroatoms. The van der Waals surface area contributed by atoms with E-state index >= 15 is 0 Å². The monoisotopic (exact) mass is 283 g/mol. The van der Waals surface area contributed by atoms with Gasteiger partial charge in [0.1, 0.15) is 0 Å². The maximum atomic E-state index is 4.48. The fourth-order valence-electron chi connectivity index (χ4n) is 2.73. The molecule has 0 atom stereocenters. The van der Waals surface area contributed by atoms with Crippen molar-refractivity contribution in [2.75, 3.05) is 10.6 Å². The van der Waals surface area contributed by atoms with E-state index in [4.69, 9.17) is 0 Å². The first kappa shape index (κ1) is 13.8. The first-order valence-electron chi connectivity index (χ1n) is 7.55. The van der Waals surface area contributed by atoms with E-state index in [1.54, 1.807) is 6.20 Å². The summed E-state index contributed by atoms with van der Waals surface area (Å²) < 4.78 is 0. The molecule has 0 radical (unpaired) electrons. The van der Waals surface area contributed by atoms with Gasteiger partial charge in [0.15, 0.2) is 5.82 Å². The van der Waals surface area contributed by atoms with Crippen LogP contribution in [0.15, 0.2) is 30.5 Å². The van der Waals surface area contributed by atoms with E-state index in [0.717, 1.165) is 5.82 Å². The Balaban J connectivity index is 1.60. The number of hydrogen-bond acceptors (Lipinski definition) is 5. The van der Waals surface area contributed by atoms with E-state index in [1.165, 1.54) is 36.8 Å². The van der Waals surface area contributed by atoms with E-state index < -0.39 is 0 Å². The second-order valence-electron chi connectivity index (χ2n) is 5.63. The van der Waals surface area contributed by atoms with Crippen LogP contribution in [0.4, 0.5) is 11.8 Å². The predicted octanol–water partition coefficient (Wildman–Crippen LogP) is 3.15. The van der Waals surface area contributed by atoms with Gasteiger partial charge in [-0.05, 0) is 25.3 Å². The van der Waals surface area contributed by atoms with Crippen LogP contribution in [-0.4, -0.2) is 21.2 Å². The van der Waals surface area contributed by atoms with E-state index in [1.807, 2.05) is 0 Å². The van der Waals surface area contributed by atoms with E-state index in [2.05, 4.69) is 57.0 Å².